The Morgan fingerprint density at radius 2 is 2.05 bits per heavy atom. The van der Waals surface area contributed by atoms with Gasteiger partial charge in [0, 0.05) is 18.3 Å². The summed E-state index contributed by atoms with van der Waals surface area (Å²) in [5, 5.41) is 0. The van der Waals surface area contributed by atoms with Crippen molar-refractivity contribution in [2.75, 3.05) is 11.4 Å². The van der Waals surface area contributed by atoms with Gasteiger partial charge >= 0.3 is 0 Å². The van der Waals surface area contributed by atoms with Gasteiger partial charge in [-0.2, -0.15) is 0 Å². The SMILES string of the molecule is NC(=S)c1cc2c(nc1N1CCC3CCCCC31)CCC2. The van der Waals surface area contributed by atoms with E-state index in [1.807, 2.05) is 0 Å². The molecule has 1 aliphatic heterocycles. The molecule has 2 atom stereocenters. The third kappa shape index (κ3) is 2.24. The molecule has 2 aliphatic carbocycles. The summed E-state index contributed by atoms with van der Waals surface area (Å²) in [5.41, 5.74) is 9.66. The Morgan fingerprint density at radius 1 is 1.19 bits per heavy atom. The second kappa shape index (κ2) is 5.24. The van der Waals surface area contributed by atoms with Gasteiger partial charge in [-0.3, -0.25) is 0 Å². The zero-order valence-corrected chi connectivity index (χ0v) is 13.3. The lowest BCUT2D eigenvalue weighted by atomic mass is 9.85. The van der Waals surface area contributed by atoms with E-state index in [1.165, 1.54) is 49.8 Å². The number of fused-ring (bicyclic) bond motifs is 2. The minimum Gasteiger partial charge on any atom is -0.389 e. The number of aromatic nitrogens is 1. The van der Waals surface area contributed by atoms with Gasteiger partial charge in [0.1, 0.15) is 10.8 Å². The van der Waals surface area contributed by atoms with Gasteiger partial charge in [-0.15, -0.1) is 0 Å². The Labute approximate surface area is 131 Å². The van der Waals surface area contributed by atoms with Crippen molar-refractivity contribution in [2.24, 2.45) is 11.7 Å². The summed E-state index contributed by atoms with van der Waals surface area (Å²) < 4.78 is 0. The molecule has 0 aromatic carbocycles. The van der Waals surface area contributed by atoms with E-state index in [-0.39, 0.29) is 0 Å². The molecule has 21 heavy (non-hydrogen) atoms. The van der Waals surface area contributed by atoms with Crippen molar-refractivity contribution < 1.29 is 0 Å². The van der Waals surface area contributed by atoms with Crippen LogP contribution in [0.3, 0.4) is 0 Å². The first-order valence-electron chi connectivity index (χ1n) is 8.33. The number of nitrogens with zero attached hydrogens (tertiary/aromatic N) is 2. The number of anilines is 1. The van der Waals surface area contributed by atoms with Crippen LogP contribution in [0.1, 0.15) is 55.3 Å². The van der Waals surface area contributed by atoms with Crippen LogP contribution in [-0.2, 0) is 12.8 Å². The van der Waals surface area contributed by atoms with Crippen LogP contribution in [0, 0.1) is 5.92 Å². The van der Waals surface area contributed by atoms with Gasteiger partial charge in [0.15, 0.2) is 0 Å². The fourth-order valence-electron chi connectivity index (χ4n) is 4.53. The Kier molecular flexibility index (Phi) is 3.37. The number of hydrogen-bond donors (Lipinski definition) is 1. The van der Waals surface area contributed by atoms with Crippen LogP contribution in [0.25, 0.3) is 0 Å². The smallest absolute Gasteiger partial charge is 0.139 e. The van der Waals surface area contributed by atoms with E-state index in [1.54, 1.807) is 0 Å². The molecule has 0 amide bonds. The quantitative estimate of drug-likeness (QED) is 0.853. The zero-order valence-electron chi connectivity index (χ0n) is 12.5. The van der Waals surface area contributed by atoms with Crippen molar-refractivity contribution in [3.8, 4) is 0 Å². The fourth-order valence-corrected chi connectivity index (χ4v) is 4.68. The summed E-state index contributed by atoms with van der Waals surface area (Å²) in [6.45, 7) is 1.12. The van der Waals surface area contributed by atoms with Crippen molar-refractivity contribution in [3.05, 3.63) is 22.9 Å². The van der Waals surface area contributed by atoms with Gasteiger partial charge in [-0.25, -0.2) is 4.98 Å². The maximum atomic E-state index is 6.01. The predicted molar refractivity (Wildman–Crippen MR) is 89.9 cm³/mol. The van der Waals surface area contributed by atoms with E-state index in [0.29, 0.717) is 11.0 Å². The molecular formula is C17H23N3S. The third-order valence-electron chi connectivity index (χ3n) is 5.58. The van der Waals surface area contributed by atoms with E-state index >= 15 is 0 Å². The van der Waals surface area contributed by atoms with Crippen molar-refractivity contribution in [1.82, 2.24) is 4.98 Å². The number of nitrogens with two attached hydrogens (primary N) is 1. The standard InChI is InChI=1S/C17H23N3S/c18-16(21)13-10-12-5-3-6-14(12)19-17(13)20-9-8-11-4-1-2-7-15(11)20/h10-11,15H,1-9H2,(H2,18,21). The predicted octanol–water partition coefficient (Wildman–Crippen LogP) is 2.97. The van der Waals surface area contributed by atoms with Crippen LogP contribution in [0.5, 0.6) is 0 Å². The zero-order chi connectivity index (χ0) is 14.4. The van der Waals surface area contributed by atoms with Gasteiger partial charge < -0.3 is 10.6 Å². The minimum atomic E-state index is 0.506. The van der Waals surface area contributed by atoms with E-state index in [4.69, 9.17) is 22.9 Å². The van der Waals surface area contributed by atoms with Crippen LogP contribution in [0.4, 0.5) is 5.82 Å². The maximum absolute atomic E-state index is 6.01. The molecule has 1 saturated carbocycles. The lowest BCUT2D eigenvalue weighted by Crippen LogP contribution is -2.36. The maximum Gasteiger partial charge on any atom is 0.139 e. The summed E-state index contributed by atoms with van der Waals surface area (Å²) in [7, 11) is 0. The monoisotopic (exact) mass is 301 g/mol. The molecule has 0 bridgehead atoms. The fraction of sp³-hybridized carbons (Fsp3) is 0.647. The number of pyridine rings is 1. The summed E-state index contributed by atoms with van der Waals surface area (Å²) >= 11 is 5.31. The summed E-state index contributed by atoms with van der Waals surface area (Å²) in [6.07, 6.45) is 10.2. The topological polar surface area (TPSA) is 42.1 Å². The Balaban J connectivity index is 1.75. The first-order valence-corrected chi connectivity index (χ1v) is 8.74. The Hall–Kier alpha value is -1.16. The molecule has 1 aromatic heterocycles. The van der Waals surface area contributed by atoms with Crippen LogP contribution in [0.2, 0.25) is 0 Å². The molecule has 2 unspecified atom stereocenters. The molecule has 1 saturated heterocycles. The van der Waals surface area contributed by atoms with Gasteiger partial charge in [-0.05, 0) is 56.1 Å². The molecule has 4 rings (SSSR count). The number of rotatable bonds is 2. The summed E-state index contributed by atoms with van der Waals surface area (Å²) in [5.74, 6) is 1.94. The largest absolute Gasteiger partial charge is 0.389 e. The molecule has 2 N–H and O–H groups in total. The van der Waals surface area contributed by atoms with Crippen molar-refractivity contribution in [2.45, 2.75) is 57.4 Å². The highest BCUT2D eigenvalue weighted by atomic mass is 32.1. The van der Waals surface area contributed by atoms with Crippen molar-refractivity contribution in [3.63, 3.8) is 0 Å². The first-order chi connectivity index (χ1) is 10.2. The lowest BCUT2D eigenvalue weighted by Gasteiger charge is -2.33. The molecule has 2 heterocycles. The van der Waals surface area contributed by atoms with E-state index in [9.17, 15) is 0 Å². The minimum absolute atomic E-state index is 0.506. The Bertz CT molecular complexity index is 584. The molecular weight excluding hydrogens is 278 g/mol. The summed E-state index contributed by atoms with van der Waals surface area (Å²) in [4.78, 5) is 8.04. The van der Waals surface area contributed by atoms with Gasteiger partial charge in [0.25, 0.3) is 0 Å². The average molecular weight is 301 g/mol. The molecule has 2 fully saturated rings. The lowest BCUT2D eigenvalue weighted by molar-refractivity contribution is 0.341. The van der Waals surface area contributed by atoms with Gasteiger partial charge in [0.2, 0.25) is 0 Å². The van der Waals surface area contributed by atoms with Crippen LogP contribution >= 0.6 is 12.2 Å². The van der Waals surface area contributed by atoms with Crippen LogP contribution in [0.15, 0.2) is 6.07 Å². The van der Waals surface area contributed by atoms with Crippen molar-refractivity contribution >= 4 is 23.0 Å². The highest BCUT2D eigenvalue weighted by Gasteiger charge is 2.37. The molecule has 3 nitrogen and oxygen atoms in total. The van der Waals surface area contributed by atoms with E-state index < -0.39 is 0 Å². The molecule has 1 aromatic rings. The first kappa shape index (κ1) is 13.5. The third-order valence-corrected chi connectivity index (χ3v) is 5.80. The highest BCUT2D eigenvalue weighted by Crippen LogP contribution is 2.40. The van der Waals surface area contributed by atoms with Gasteiger partial charge in [0.05, 0.1) is 5.56 Å². The second-order valence-electron chi connectivity index (χ2n) is 6.78. The van der Waals surface area contributed by atoms with Crippen molar-refractivity contribution in [1.29, 1.82) is 0 Å². The molecule has 0 radical (unpaired) electrons. The van der Waals surface area contributed by atoms with Crippen LogP contribution in [-0.4, -0.2) is 22.6 Å². The number of hydrogen-bond acceptors (Lipinski definition) is 3. The van der Waals surface area contributed by atoms with E-state index in [2.05, 4.69) is 11.0 Å². The highest BCUT2D eigenvalue weighted by molar-refractivity contribution is 7.80. The summed E-state index contributed by atoms with van der Waals surface area (Å²) in [6, 6.07) is 2.89. The second-order valence-corrected chi connectivity index (χ2v) is 7.22. The molecule has 0 spiro atoms. The van der Waals surface area contributed by atoms with Crippen LogP contribution < -0.4 is 10.6 Å². The van der Waals surface area contributed by atoms with Gasteiger partial charge in [-0.1, -0.05) is 25.1 Å². The molecule has 112 valence electrons. The normalized spacial score (nSPS) is 27.5. The molecule has 3 aliphatic rings. The molecule has 4 heteroatoms. The number of aryl methyl sites for hydroxylation is 2. The Morgan fingerprint density at radius 3 is 2.90 bits per heavy atom. The number of thiocarbonyl (C=S) groups is 1. The van der Waals surface area contributed by atoms with E-state index in [0.717, 1.165) is 36.7 Å². The average Bonchev–Trinajstić information content (AvgIpc) is 3.11.